The van der Waals surface area contributed by atoms with Crippen LogP contribution in [-0.2, 0) is 20.9 Å². The molecular weight excluding hydrogens is 292 g/mol. The SMILES string of the molecule is O=C1CCCCC1NC(=O)C1CN(Cc2ccccc2)CCO1. The molecular formula is C18H24N2O3. The molecule has 0 spiro atoms. The van der Waals surface area contributed by atoms with Crippen LogP contribution in [0.4, 0.5) is 0 Å². The van der Waals surface area contributed by atoms with E-state index in [9.17, 15) is 9.59 Å². The number of Topliss-reactive ketones (excluding diaryl/α,β-unsaturated/α-hetero) is 1. The van der Waals surface area contributed by atoms with Crippen LogP contribution in [-0.4, -0.2) is 48.4 Å². The van der Waals surface area contributed by atoms with Gasteiger partial charge in [-0.25, -0.2) is 0 Å². The van der Waals surface area contributed by atoms with E-state index in [0.29, 0.717) is 19.6 Å². The molecule has 2 fully saturated rings. The lowest BCUT2D eigenvalue weighted by molar-refractivity contribution is -0.141. The van der Waals surface area contributed by atoms with Crippen molar-refractivity contribution in [1.82, 2.24) is 10.2 Å². The molecule has 0 radical (unpaired) electrons. The third kappa shape index (κ3) is 4.39. The van der Waals surface area contributed by atoms with Gasteiger partial charge in [-0.15, -0.1) is 0 Å². The maximum atomic E-state index is 12.4. The van der Waals surface area contributed by atoms with Crippen LogP contribution in [0.15, 0.2) is 30.3 Å². The maximum absolute atomic E-state index is 12.4. The molecule has 23 heavy (non-hydrogen) atoms. The Morgan fingerprint density at radius 1 is 1.26 bits per heavy atom. The number of amides is 1. The Kier molecular flexibility index (Phi) is 5.41. The third-order valence-corrected chi connectivity index (χ3v) is 4.56. The highest BCUT2D eigenvalue weighted by molar-refractivity contribution is 5.91. The molecule has 1 amide bonds. The fourth-order valence-electron chi connectivity index (χ4n) is 3.25. The first kappa shape index (κ1) is 16.1. The van der Waals surface area contributed by atoms with Crippen LogP contribution in [0.3, 0.4) is 0 Å². The molecule has 1 N–H and O–H groups in total. The average molecular weight is 316 g/mol. The predicted octanol–water partition coefficient (Wildman–Crippen LogP) is 1.52. The average Bonchev–Trinajstić information content (AvgIpc) is 2.58. The monoisotopic (exact) mass is 316 g/mol. The molecule has 0 aromatic heterocycles. The molecule has 1 aliphatic carbocycles. The molecule has 0 bridgehead atoms. The second kappa shape index (κ2) is 7.70. The molecule has 2 unspecified atom stereocenters. The summed E-state index contributed by atoms with van der Waals surface area (Å²) in [7, 11) is 0. The second-order valence-electron chi connectivity index (χ2n) is 6.35. The number of hydrogen-bond acceptors (Lipinski definition) is 4. The summed E-state index contributed by atoms with van der Waals surface area (Å²) in [6.45, 7) is 2.75. The molecule has 1 aromatic carbocycles. The van der Waals surface area contributed by atoms with Gasteiger partial charge in [0.25, 0.3) is 5.91 Å². The lowest BCUT2D eigenvalue weighted by atomic mass is 9.94. The Bertz CT molecular complexity index is 546. The number of benzene rings is 1. The van der Waals surface area contributed by atoms with E-state index in [2.05, 4.69) is 22.3 Å². The van der Waals surface area contributed by atoms with Gasteiger partial charge in [-0.2, -0.15) is 0 Å². The van der Waals surface area contributed by atoms with E-state index in [1.54, 1.807) is 0 Å². The summed E-state index contributed by atoms with van der Waals surface area (Å²) in [5, 5.41) is 2.88. The largest absolute Gasteiger partial charge is 0.366 e. The topological polar surface area (TPSA) is 58.6 Å². The number of carbonyl (C=O) groups is 2. The van der Waals surface area contributed by atoms with Crippen LogP contribution in [0.5, 0.6) is 0 Å². The molecule has 124 valence electrons. The summed E-state index contributed by atoms with van der Waals surface area (Å²) in [4.78, 5) is 26.5. The van der Waals surface area contributed by atoms with Gasteiger partial charge in [0.15, 0.2) is 5.78 Å². The van der Waals surface area contributed by atoms with Gasteiger partial charge in [-0.3, -0.25) is 14.5 Å². The van der Waals surface area contributed by atoms with Gasteiger partial charge in [-0.1, -0.05) is 36.8 Å². The minimum Gasteiger partial charge on any atom is -0.366 e. The number of nitrogens with zero attached hydrogens (tertiary/aromatic N) is 1. The molecule has 1 saturated carbocycles. The van der Waals surface area contributed by atoms with Gasteiger partial charge >= 0.3 is 0 Å². The van der Waals surface area contributed by atoms with Crippen molar-refractivity contribution in [3.8, 4) is 0 Å². The van der Waals surface area contributed by atoms with Crippen LogP contribution in [0.25, 0.3) is 0 Å². The highest BCUT2D eigenvalue weighted by Gasteiger charge is 2.30. The lowest BCUT2D eigenvalue weighted by Gasteiger charge is -2.33. The number of carbonyl (C=O) groups excluding carboxylic acids is 2. The predicted molar refractivity (Wildman–Crippen MR) is 86.9 cm³/mol. The zero-order valence-electron chi connectivity index (χ0n) is 13.4. The number of morpholine rings is 1. The highest BCUT2D eigenvalue weighted by atomic mass is 16.5. The summed E-state index contributed by atoms with van der Waals surface area (Å²) in [6, 6.07) is 9.91. The summed E-state index contributed by atoms with van der Waals surface area (Å²) in [6.07, 6.45) is 2.79. The fraction of sp³-hybridized carbons (Fsp3) is 0.556. The summed E-state index contributed by atoms with van der Waals surface area (Å²) in [5.74, 6) is 0.00422. The van der Waals surface area contributed by atoms with Gasteiger partial charge in [0.2, 0.25) is 0 Å². The van der Waals surface area contributed by atoms with Gasteiger partial charge in [0, 0.05) is 26.1 Å². The van der Waals surface area contributed by atoms with Crippen molar-refractivity contribution in [1.29, 1.82) is 0 Å². The second-order valence-corrected chi connectivity index (χ2v) is 6.35. The zero-order chi connectivity index (χ0) is 16.1. The number of nitrogens with one attached hydrogen (secondary N) is 1. The normalized spacial score (nSPS) is 26.0. The van der Waals surface area contributed by atoms with Crippen LogP contribution in [0.2, 0.25) is 0 Å². The third-order valence-electron chi connectivity index (χ3n) is 4.56. The molecule has 1 saturated heterocycles. The first-order chi connectivity index (χ1) is 11.2. The smallest absolute Gasteiger partial charge is 0.251 e. The summed E-state index contributed by atoms with van der Waals surface area (Å²) < 4.78 is 5.62. The molecule has 1 aromatic rings. The van der Waals surface area contributed by atoms with Gasteiger partial charge in [0.1, 0.15) is 6.10 Å². The highest BCUT2D eigenvalue weighted by Crippen LogP contribution is 2.16. The van der Waals surface area contributed by atoms with Gasteiger partial charge < -0.3 is 10.1 Å². The fourth-order valence-corrected chi connectivity index (χ4v) is 3.25. The van der Waals surface area contributed by atoms with Gasteiger partial charge in [-0.05, 0) is 18.4 Å². The van der Waals surface area contributed by atoms with E-state index in [-0.39, 0.29) is 17.7 Å². The number of ketones is 1. The first-order valence-corrected chi connectivity index (χ1v) is 8.43. The van der Waals surface area contributed by atoms with Crippen molar-refractivity contribution in [3.63, 3.8) is 0 Å². The summed E-state index contributed by atoms with van der Waals surface area (Å²) in [5.41, 5.74) is 1.23. The number of hydrogen-bond donors (Lipinski definition) is 1. The quantitative estimate of drug-likeness (QED) is 0.915. The lowest BCUT2D eigenvalue weighted by Crippen LogP contribution is -2.53. The van der Waals surface area contributed by atoms with Crippen LogP contribution in [0.1, 0.15) is 31.2 Å². The molecule has 1 heterocycles. The van der Waals surface area contributed by atoms with Gasteiger partial charge in [0.05, 0.1) is 12.6 Å². The minimum atomic E-state index is -0.484. The van der Waals surface area contributed by atoms with Crippen molar-refractivity contribution in [2.24, 2.45) is 0 Å². The van der Waals surface area contributed by atoms with Crippen molar-refractivity contribution >= 4 is 11.7 Å². The Morgan fingerprint density at radius 3 is 2.87 bits per heavy atom. The van der Waals surface area contributed by atoms with Crippen molar-refractivity contribution in [2.75, 3.05) is 19.7 Å². The van der Waals surface area contributed by atoms with Crippen molar-refractivity contribution in [3.05, 3.63) is 35.9 Å². The molecule has 1 aliphatic heterocycles. The molecule has 2 atom stereocenters. The van der Waals surface area contributed by atoms with Crippen molar-refractivity contribution < 1.29 is 14.3 Å². The van der Waals surface area contributed by atoms with Crippen LogP contribution < -0.4 is 5.32 Å². The van der Waals surface area contributed by atoms with E-state index in [4.69, 9.17) is 4.74 Å². The molecule has 2 aliphatic rings. The molecule has 5 heteroatoms. The maximum Gasteiger partial charge on any atom is 0.251 e. The van der Waals surface area contributed by atoms with E-state index in [0.717, 1.165) is 32.4 Å². The minimum absolute atomic E-state index is 0.150. The zero-order valence-corrected chi connectivity index (χ0v) is 13.4. The van der Waals surface area contributed by atoms with Crippen LogP contribution in [0, 0.1) is 0 Å². The Labute approximate surface area is 137 Å². The van der Waals surface area contributed by atoms with E-state index in [1.165, 1.54) is 5.56 Å². The van der Waals surface area contributed by atoms with Crippen LogP contribution >= 0.6 is 0 Å². The molecule has 3 rings (SSSR count). The standard InChI is InChI=1S/C18H24N2O3/c21-16-9-5-4-8-15(16)19-18(22)17-13-20(10-11-23-17)12-14-6-2-1-3-7-14/h1-3,6-7,15,17H,4-5,8-13H2,(H,19,22). The summed E-state index contributed by atoms with van der Waals surface area (Å²) >= 11 is 0. The molecule has 5 nitrogen and oxygen atoms in total. The Hall–Kier alpha value is -1.72. The Balaban J connectivity index is 1.53. The first-order valence-electron chi connectivity index (χ1n) is 8.43. The van der Waals surface area contributed by atoms with E-state index < -0.39 is 6.10 Å². The number of rotatable bonds is 4. The number of ether oxygens (including phenoxy) is 1. The van der Waals surface area contributed by atoms with Crippen molar-refractivity contribution in [2.45, 2.75) is 44.4 Å². The van der Waals surface area contributed by atoms with E-state index >= 15 is 0 Å². The Morgan fingerprint density at radius 2 is 2.09 bits per heavy atom. The van der Waals surface area contributed by atoms with E-state index in [1.807, 2.05) is 18.2 Å².